The monoisotopic (exact) mass is 508 g/mol. The van der Waals surface area contributed by atoms with Gasteiger partial charge in [-0.3, -0.25) is 0 Å². The van der Waals surface area contributed by atoms with E-state index in [9.17, 15) is 0 Å². The van der Waals surface area contributed by atoms with Crippen LogP contribution < -0.4 is 0 Å². The summed E-state index contributed by atoms with van der Waals surface area (Å²) >= 11 is 0. The molecule has 0 unspecified atom stereocenters. The van der Waals surface area contributed by atoms with Gasteiger partial charge in [0.05, 0.1) is 0 Å². The molecule has 0 saturated heterocycles. The van der Waals surface area contributed by atoms with E-state index in [1.54, 1.807) is 0 Å². The highest BCUT2D eigenvalue weighted by molar-refractivity contribution is 6.25. The van der Waals surface area contributed by atoms with Gasteiger partial charge in [-0.25, -0.2) is 0 Å². The van der Waals surface area contributed by atoms with E-state index in [4.69, 9.17) is 0 Å². The largest absolute Gasteiger partial charge is 0.0619 e. The Kier molecular flexibility index (Phi) is 4.27. The highest BCUT2D eigenvalue weighted by atomic mass is 14.4. The van der Waals surface area contributed by atoms with Crippen molar-refractivity contribution < 1.29 is 0 Å². The molecular weight excluding hydrogens is 480 g/mol. The molecule has 2 aliphatic rings. The molecule has 0 N–H and O–H groups in total. The molecule has 0 spiro atoms. The van der Waals surface area contributed by atoms with Crippen LogP contribution in [0.25, 0.3) is 65.7 Å². The summed E-state index contributed by atoms with van der Waals surface area (Å²) in [7, 11) is 0. The SMILES string of the molecule is CC1(C)c2ccccc2-c2cc3c(cc21)Cc1ccc(-c2ccc4c5ccccc5c5ccccc5c4c2)cc1-3. The van der Waals surface area contributed by atoms with Crippen LogP contribution in [0.2, 0.25) is 0 Å². The molecule has 0 heterocycles. The Morgan fingerprint density at radius 2 is 0.975 bits per heavy atom. The fourth-order valence-corrected chi connectivity index (χ4v) is 7.64. The lowest BCUT2D eigenvalue weighted by atomic mass is 9.81. The van der Waals surface area contributed by atoms with Gasteiger partial charge in [-0.2, -0.15) is 0 Å². The molecule has 0 aliphatic heterocycles. The minimum atomic E-state index is 0.0406. The van der Waals surface area contributed by atoms with Crippen molar-refractivity contribution in [2.75, 3.05) is 0 Å². The van der Waals surface area contributed by atoms with E-state index in [1.807, 2.05) is 0 Å². The van der Waals surface area contributed by atoms with Gasteiger partial charge in [0.25, 0.3) is 0 Å². The molecule has 0 heteroatoms. The maximum Gasteiger partial charge on any atom is 0.0158 e. The first kappa shape index (κ1) is 22.2. The summed E-state index contributed by atoms with van der Waals surface area (Å²) in [5.41, 5.74) is 14.0. The third-order valence-corrected chi connectivity index (χ3v) is 9.67. The van der Waals surface area contributed by atoms with Crippen molar-refractivity contribution in [3.05, 3.63) is 144 Å². The van der Waals surface area contributed by atoms with Crippen LogP contribution in [-0.4, -0.2) is 0 Å². The molecule has 0 nitrogen and oxygen atoms in total. The summed E-state index contributed by atoms with van der Waals surface area (Å²) < 4.78 is 0. The standard InChI is InChI=1S/C40H28/c1-40(2)38-14-8-7-13-33(38)37-23-35-27(22-39(37)40)19-26-16-15-24(20-34(26)35)25-17-18-32-30-11-4-3-9-28(30)29-10-5-6-12-31(29)36(32)21-25/h3-18,20-23H,19H2,1-2H3. The Morgan fingerprint density at radius 1 is 0.400 bits per heavy atom. The third kappa shape index (κ3) is 2.86. The topological polar surface area (TPSA) is 0 Å². The summed E-state index contributed by atoms with van der Waals surface area (Å²) in [6, 6.07) is 45.7. The molecule has 0 fully saturated rings. The Morgan fingerprint density at radius 3 is 1.73 bits per heavy atom. The van der Waals surface area contributed by atoms with Gasteiger partial charge in [-0.05, 0) is 113 Å². The summed E-state index contributed by atoms with van der Waals surface area (Å²) in [6.45, 7) is 4.74. The van der Waals surface area contributed by atoms with E-state index in [1.165, 1.54) is 88.0 Å². The molecule has 40 heavy (non-hydrogen) atoms. The van der Waals surface area contributed by atoms with Gasteiger partial charge in [0.1, 0.15) is 0 Å². The number of hydrogen-bond donors (Lipinski definition) is 0. The third-order valence-electron chi connectivity index (χ3n) is 9.67. The normalized spacial score (nSPS) is 14.3. The quantitative estimate of drug-likeness (QED) is 0.193. The van der Waals surface area contributed by atoms with Crippen molar-refractivity contribution in [3.63, 3.8) is 0 Å². The summed E-state index contributed by atoms with van der Waals surface area (Å²) in [6.07, 6.45) is 1.01. The summed E-state index contributed by atoms with van der Waals surface area (Å²) in [4.78, 5) is 0. The fraction of sp³-hybridized carbons (Fsp3) is 0.100. The van der Waals surface area contributed by atoms with Crippen molar-refractivity contribution in [3.8, 4) is 33.4 Å². The second-order valence-electron chi connectivity index (χ2n) is 12.1. The predicted molar refractivity (Wildman–Crippen MR) is 170 cm³/mol. The van der Waals surface area contributed by atoms with Gasteiger partial charge in [-0.1, -0.05) is 117 Å². The van der Waals surface area contributed by atoms with Crippen molar-refractivity contribution in [1.29, 1.82) is 0 Å². The molecule has 0 saturated carbocycles. The molecule has 0 amide bonds. The zero-order chi connectivity index (χ0) is 26.6. The van der Waals surface area contributed by atoms with Gasteiger partial charge in [0.15, 0.2) is 0 Å². The number of rotatable bonds is 1. The van der Waals surface area contributed by atoms with Crippen LogP contribution in [0.5, 0.6) is 0 Å². The van der Waals surface area contributed by atoms with Crippen LogP contribution in [0.15, 0.2) is 121 Å². The van der Waals surface area contributed by atoms with Gasteiger partial charge in [0.2, 0.25) is 0 Å². The zero-order valence-electron chi connectivity index (χ0n) is 22.8. The van der Waals surface area contributed by atoms with Gasteiger partial charge < -0.3 is 0 Å². The lowest BCUT2D eigenvalue weighted by Crippen LogP contribution is -2.15. The van der Waals surface area contributed by atoms with E-state index in [2.05, 4.69) is 135 Å². The van der Waals surface area contributed by atoms with E-state index >= 15 is 0 Å². The Bertz CT molecular complexity index is 2170. The highest BCUT2D eigenvalue weighted by Gasteiger charge is 2.37. The average molecular weight is 509 g/mol. The number of hydrogen-bond acceptors (Lipinski definition) is 0. The minimum Gasteiger partial charge on any atom is -0.0619 e. The molecule has 0 bridgehead atoms. The highest BCUT2D eigenvalue weighted by Crippen LogP contribution is 2.52. The van der Waals surface area contributed by atoms with Crippen molar-refractivity contribution >= 4 is 32.3 Å². The molecule has 0 radical (unpaired) electrons. The lowest BCUT2D eigenvalue weighted by molar-refractivity contribution is 0.659. The fourth-order valence-electron chi connectivity index (χ4n) is 7.64. The van der Waals surface area contributed by atoms with Gasteiger partial charge in [0, 0.05) is 5.41 Å². The van der Waals surface area contributed by atoms with Crippen LogP contribution in [0, 0.1) is 0 Å². The Labute approximate surface area is 234 Å². The van der Waals surface area contributed by atoms with Crippen LogP contribution in [0.1, 0.15) is 36.1 Å². The minimum absolute atomic E-state index is 0.0406. The first-order valence-electron chi connectivity index (χ1n) is 14.3. The maximum absolute atomic E-state index is 2.50. The number of benzene rings is 7. The van der Waals surface area contributed by atoms with Crippen LogP contribution in [0.4, 0.5) is 0 Å². The first-order chi connectivity index (χ1) is 19.6. The van der Waals surface area contributed by atoms with Crippen LogP contribution in [0.3, 0.4) is 0 Å². The zero-order valence-corrected chi connectivity index (χ0v) is 22.8. The lowest BCUT2D eigenvalue weighted by Gasteiger charge is -2.22. The second-order valence-corrected chi connectivity index (χ2v) is 12.1. The first-order valence-corrected chi connectivity index (χ1v) is 14.3. The Hall–Kier alpha value is -4.68. The van der Waals surface area contributed by atoms with Crippen LogP contribution >= 0.6 is 0 Å². The summed E-state index contributed by atoms with van der Waals surface area (Å²) in [5.74, 6) is 0. The second kappa shape index (κ2) is 7.71. The van der Waals surface area contributed by atoms with Crippen molar-refractivity contribution in [1.82, 2.24) is 0 Å². The molecule has 0 atom stereocenters. The molecule has 188 valence electrons. The van der Waals surface area contributed by atoms with E-state index < -0.39 is 0 Å². The van der Waals surface area contributed by atoms with Gasteiger partial charge in [-0.15, -0.1) is 0 Å². The Balaban J connectivity index is 1.23. The van der Waals surface area contributed by atoms with Gasteiger partial charge >= 0.3 is 0 Å². The van der Waals surface area contributed by atoms with Crippen LogP contribution in [-0.2, 0) is 11.8 Å². The maximum atomic E-state index is 2.50. The summed E-state index contributed by atoms with van der Waals surface area (Å²) in [5, 5.41) is 7.93. The molecule has 0 aromatic heterocycles. The van der Waals surface area contributed by atoms with E-state index in [0.29, 0.717) is 0 Å². The van der Waals surface area contributed by atoms with Crippen molar-refractivity contribution in [2.24, 2.45) is 0 Å². The predicted octanol–water partition coefficient (Wildman–Crippen LogP) is 10.7. The van der Waals surface area contributed by atoms with E-state index in [-0.39, 0.29) is 5.41 Å². The average Bonchev–Trinajstić information content (AvgIpc) is 3.47. The van der Waals surface area contributed by atoms with E-state index in [0.717, 1.165) is 6.42 Å². The molecule has 9 rings (SSSR count). The smallest absolute Gasteiger partial charge is 0.0158 e. The molecular formula is C40H28. The molecule has 7 aromatic rings. The van der Waals surface area contributed by atoms with Crippen molar-refractivity contribution in [2.45, 2.75) is 25.7 Å². The molecule has 2 aliphatic carbocycles. The molecule has 7 aromatic carbocycles. The number of fused-ring (bicyclic) bond motifs is 12.